The lowest BCUT2D eigenvalue weighted by molar-refractivity contribution is -0.169. The van der Waals surface area contributed by atoms with Gasteiger partial charge in [-0.1, -0.05) is 0 Å². The molecule has 1 N–H and O–H groups in total. The second-order valence-electron chi connectivity index (χ2n) is 6.33. The van der Waals surface area contributed by atoms with Crippen LogP contribution in [0.3, 0.4) is 0 Å². The third kappa shape index (κ3) is 4.25. The van der Waals surface area contributed by atoms with Crippen LogP contribution in [0.15, 0.2) is 0 Å². The maximum Gasteiger partial charge on any atom is 0.393 e. The molecule has 2 fully saturated rings. The fourth-order valence-corrected chi connectivity index (χ4v) is 3.04. The minimum Gasteiger partial charge on any atom is -0.335 e. The number of nitrogens with one attached hydrogen (secondary N) is 1. The largest absolute Gasteiger partial charge is 0.393 e. The second-order valence-corrected chi connectivity index (χ2v) is 6.33. The first-order valence-corrected chi connectivity index (χ1v) is 7.63. The van der Waals surface area contributed by atoms with E-state index in [9.17, 15) is 18.0 Å². The van der Waals surface area contributed by atoms with Gasteiger partial charge in [-0.3, -0.25) is 0 Å². The van der Waals surface area contributed by atoms with Crippen LogP contribution in [0.1, 0.15) is 33.1 Å². The lowest BCUT2D eigenvalue weighted by atomic mass is 10.0. The van der Waals surface area contributed by atoms with Gasteiger partial charge in [-0.2, -0.15) is 13.2 Å². The molecule has 21 heavy (non-hydrogen) atoms. The Labute approximate surface area is 123 Å². The van der Waals surface area contributed by atoms with Crippen LogP contribution < -0.4 is 5.32 Å². The van der Waals surface area contributed by atoms with Gasteiger partial charge in [0.1, 0.15) is 0 Å². The number of hydrogen-bond donors (Lipinski definition) is 1. The summed E-state index contributed by atoms with van der Waals surface area (Å²) in [7, 11) is 0. The van der Waals surface area contributed by atoms with Gasteiger partial charge in [0, 0.05) is 38.3 Å². The number of likely N-dealkylation sites (tertiary alicyclic amines) is 2. The number of carbonyl (C=O) groups excluding carboxylic acids is 1. The van der Waals surface area contributed by atoms with Crippen molar-refractivity contribution >= 4 is 6.03 Å². The lowest BCUT2D eigenvalue weighted by Gasteiger charge is -2.35. The summed E-state index contributed by atoms with van der Waals surface area (Å²) in [5.74, 6) is -1.37. The van der Waals surface area contributed by atoms with E-state index in [1.165, 1.54) is 4.90 Å². The zero-order valence-corrected chi connectivity index (χ0v) is 12.6. The fourth-order valence-electron chi connectivity index (χ4n) is 3.04. The maximum atomic E-state index is 12.6. The van der Waals surface area contributed by atoms with Gasteiger partial charge in [-0.05, 0) is 33.1 Å². The van der Waals surface area contributed by atoms with E-state index in [-0.39, 0.29) is 31.6 Å². The molecule has 2 aliphatic heterocycles. The van der Waals surface area contributed by atoms with Crippen LogP contribution >= 0.6 is 0 Å². The first-order chi connectivity index (χ1) is 9.77. The Kier molecular flexibility index (Phi) is 5.01. The second kappa shape index (κ2) is 6.42. The van der Waals surface area contributed by atoms with E-state index in [1.54, 1.807) is 0 Å². The molecule has 1 atom stereocenters. The molecular formula is C14H24F3N3O. The van der Waals surface area contributed by atoms with E-state index in [1.807, 2.05) is 0 Å². The van der Waals surface area contributed by atoms with E-state index >= 15 is 0 Å². The Morgan fingerprint density at radius 1 is 1.14 bits per heavy atom. The highest BCUT2D eigenvalue weighted by molar-refractivity contribution is 5.74. The SMILES string of the molecule is CC(C)N1CCC(NC(=O)N2CCC(C(F)(F)F)C2)CC1. The predicted molar refractivity (Wildman–Crippen MR) is 74.0 cm³/mol. The third-order valence-corrected chi connectivity index (χ3v) is 4.53. The first-order valence-electron chi connectivity index (χ1n) is 7.63. The van der Waals surface area contributed by atoms with Crippen LogP contribution in [-0.4, -0.2) is 60.3 Å². The van der Waals surface area contributed by atoms with Crippen molar-refractivity contribution in [1.82, 2.24) is 15.1 Å². The molecule has 7 heteroatoms. The molecule has 2 heterocycles. The zero-order chi connectivity index (χ0) is 15.6. The average molecular weight is 307 g/mol. The summed E-state index contributed by atoms with van der Waals surface area (Å²) in [6.07, 6.45) is -2.46. The minimum absolute atomic E-state index is 0.0166. The first kappa shape index (κ1) is 16.4. The number of carbonyl (C=O) groups is 1. The van der Waals surface area contributed by atoms with E-state index in [0.29, 0.717) is 6.04 Å². The molecule has 4 nitrogen and oxygen atoms in total. The summed E-state index contributed by atoms with van der Waals surface area (Å²) in [4.78, 5) is 15.7. The van der Waals surface area contributed by atoms with Crippen molar-refractivity contribution < 1.29 is 18.0 Å². The molecule has 122 valence electrons. The van der Waals surface area contributed by atoms with E-state index in [4.69, 9.17) is 0 Å². The van der Waals surface area contributed by atoms with Crippen LogP contribution in [0, 0.1) is 5.92 Å². The van der Waals surface area contributed by atoms with Gasteiger partial charge in [-0.25, -0.2) is 4.79 Å². The summed E-state index contributed by atoms with van der Waals surface area (Å²) < 4.78 is 37.8. The fraction of sp³-hybridized carbons (Fsp3) is 0.929. The van der Waals surface area contributed by atoms with Gasteiger partial charge in [0.2, 0.25) is 0 Å². The Morgan fingerprint density at radius 2 is 1.76 bits per heavy atom. The summed E-state index contributed by atoms with van der Waals surface area (Å²) in [5, 5.41) is 2.89. The van der Waals surface area contributed by atoms with E-state index in [2.05, 4.69) is 24.1 Å². The van der Waals surface area contributed by atoms with Crippen molar-refractivity contribution in [2.45, 2.75) is 51.4 Å². The van der Waals surface area contributed by atoms with Crippen molar-refractivity contribution in [3.63, 3.8) is 0 Å². The van der Waals surface area contributed by atoms with Gasteiger partial charge in [0.05, 0.1) is 5.92 Å². The van der Waals surface area contributed by atoms with Gasteiger partial charge < -0.3 is 15.1 Å². The molecule has 0 aromatic carbocycles. The van der Waals surface area contributed by atoms with Crippen molar-refractivity contribution in [3.8, 4) is 0 Å². The zero-order valence-electron chi connectivity index (χ0n) is 12.6. The van der Waals surface area contributed by atoms with Crippen LogP contribution in [0.2, 0.25) is 0 Å². The monoisotopic (exact) mass is 307 g/mol. The Hall–Kier alpha value is -0.980. The highest BCUT2D eigenvalue weighted by atomic mass is 19.4. The molecule has 2 amide bonds. The smallest absolute Gasteiger partial charge is 0.335 e. The van der Waals surface area contributed by atoms with Crippen molar-refractivity contribution in [1.29, 1.82) is 0 Å². The molecule has 2 saturated heterocycles. The molecule has 0 aromatic rings. The molecule has 0 aromatic heterocycles. The quantitative estimate of drug-likeness (QED) is 0.850. The molecule has 2 aliphatic rings. The van der Waals surface area contributed by atoms with Crippen molar-refractivity contribution in [2.24, 2.45) is 5.92 Å². The molecule has 0 aliphatic carbocycles. The number of alkyl halides is 3. The van der Waals surface area contributed by atoms with Gasteiger partial charge in [-0.15, -0.1) is 0 Å². The summed E-state index contributed by atoms with van der Waals surface area (Å²) in [5.41, 5.74) is 0. The number of piperidine rings is 1. The standard InChI is InChI=1S/C14H24F3N3O/c1-10(2)19-7-4-12(5-8-19)18-13(21)20-6-3-11(9-20)14(15,16)17/h10-12H,3-9H2,1-2H3,(H,18,21). The van der Waals surface area contributed by atoms with Crippen LogP contribution in [0.5, 0.6) is 0 Å². The lowest BCUT2D eigenvalue weighted by Crippen LogP contribution is -2.50. The third-order valence-electron chi connectivity index (χ3n) is 4.53. The van der Waals surface area contributed by atoms with E-state index < -0.39 is 12.1 Å². The van der Waals surface area contributed by atoms with Crippen molar-refractivity contribution in [3.05, 3.63) is 0 Å². The number of nitrogens with zero attached hydrogens (tertiary/aromatic N) is 2. The molecule has 1 unspecified atom stereocenters. The van der Waals surface area contributed by atoms with Crippen LogP contribution in [0.25, 0.3) is 0 Å². The maximum absolute atomic E-state index is 12.6. The summed E-state index contributed by atoms with van der Waals surface area (Å²) in [6.45, 7) is 6.11. The van der Waals surface area contributed by atoms with Crippen molar-refractivity contribution in [2.75, 3.05) is 26.2 Å². The van der Waals surface area contributed by atoms with Gasteiger partial charge in [0.25, 0.3) is 0 Å². The van der Waals surface area contributed by atoms with Crippen LogP contribution in [0.4, 0.5) is 18.0 Å². The summed E-state index contributed by atoms with van der Waals surface area (Å²) >= 11 is 0. The van der Waals surface area contributed by atoms with Crippen LogP contribution in [-0.2, 0) is 0 Å². The molecular weight excluding hydrogens is 283 g/mol. The molecule has 0 bridgehead atoms. The molecule has 2 rings (SSSR count). The normalized spacial score (nSPS) is 25.6. The highest BCUT2D eigenvalue weighted by Gasteiger charge is 2.44. The Bertz CT molecular complexity index is 365. The number of rotatable bonds is 2. The van der Waals surface area contributed by atoms with E-state index in [0.717, 1.165) is 25.9 Å². The average Bonchev–Trinajstić information content (AvgIpc) is 2.88. The molecule has 0 saturated carbocycles. The summed E-state index contributed by atoms with van der Waals surface area (Å²) in [6, 6.07) is 0.231. The number of halogens is 3. The topological polar surface area (TPSA) is 35.6 Å². The number of hydrogen-bond acceptors (Lipinski definition) is 2. The predicted octanol–water partition coefficient (Wildman–Crippen LogP) is 2.45. The highest BCUT2D eigenvalue weighted by Crippen LogP contribution is 2.33. The Balaban J connectivity index is 1.76. The van der Waals surface area contributed by atoms with Gasteiger partial charge >= 0.3 is 12.2 Å². The number of urea groups is 1. The minimum atomic E-state index is -4.20. The molecule has 0 spiro atoms. The number of amides is 2. The Morgan fingerprint density at radius 3 is 2.24 bits per heavy atom. The van der Waals surface area contributed by atoms with Gasteiger partial charge in [0.15, 0.2) is 0 Å². The molecule has 0 radical (unpaired) electrons.